The van der Waals surface area contributed by atoms with Gasteiger partial charge in [-0.05, 0) is 54.3 Å². The summed E-state index contributed by atoms with van der Waals surface area (Å²) >= 11 is 1.15. The minimum Gasteiger partial charge on any atom is -0.491 e. The summed E-state index contributed by atoms with van der Waals surface area (Å²) in [4.78, 5) is 15.9. The third-order valence-electron chi connectivity index (χ3n) is 4.49. The molecule has 9 heteroatoms. The largest absolute Gasteiger partial charge is 0.491 e. The van der Waals surface area contributed by atoms with Crippen LogP contribution >= 0.6 is 11.3 Å². The van der Waals surface area contributed by atoms with E-state index in [1.807, 2.05) is 18.2 Å². The molecule has 0 bridgehead atoms. The van der Waals surface area contributed by atoms with E-state index < -0.39 is 5.97 Å². The Morgan fingerprint density at radius 1 is 1.42 bits per heavy atom. The summed E-state index contributed by atoms with van der Waals surface area (Å²) in [5.41, 5.74) is 2.01. The number of ether oxygens (including phenoxy) is 1. The Morgan fingerprint density at radius 3 is 2.88 bits per heavy atom. The highest BCUT2D eigenvalue weighted by atomic mass is 32.1. The number of carboxylic acids is 1. The van der Waals surface area contributed by atoms with Crippen LogP contribution in [0.15, 0.2) is 24.5 Å². The molecule has 4 rings (SSSR count). The Morgan fingerprint density at radius 2 is 2.27 bits per heavy atom. The Kier molecular flexibility index (Phi) is 4.37. The van der Waals surface area contributed by atoms with Gasteiger partial charge in [-0.1, -0.05) is 6.42 Å². The van der Waals surface area contributed by atoms with E-state index >= 15 is 0 Å². The van der Waals surface area contributed by atoms with Crippen molar-refractivity contribution in [1.82, 2.24) is 25.2 Å². The van der Waals surface area contributed by atoms with E-state index in [2.05, 4.69) is 20.5 Å². The molecular weight excluding hydrogens is 354 g/mol. The van der Waals surface area contributed by atoms with Gasteiger partial charge in [-0.25, -0.2) is 9.78 Å². The van der Waals surface area contributed by atoms with Crippen LogP contribution in [0.1, 0.15) is 34.6 Å². The monoisotopic (exact) mass is 371 g/mol. The van der Waals surface area contributed by atoms with Crippen LogP contribution in [-0.4, -0.2) is 42.9 Å². The minimum absolute atomic E-state index is 0.245. The molecule has 1 N–H and O–H groups in total. The van der Waals surface area contributed by atoms with E-state index in [1.165, 1.54) is 30.3 Å². The lowest BCUT2D eigenvalue weighted by atomic mass is 9.86. The summed E-state index contributed by atoms with van der Waals surface area (Å²) in [6.07, 6.45) is 5.18. The van der Waals surface area contributed by atoms with Crippen molar-refractivity contribution in [3.8, 4) is 22.0 Å². The molecule has 1 fully saturated rings. The number of nitrogens with zero attached hydrogens (tertiary/aromatic N) is 5. The van der Waals surface area contributed by atoms with Gasteiger partial charge in [-0.3, -0.25) is 0 Å². The summed E-state index contributed by atoms with van der Waals surface area (Å²) in [6.45, 7) is 2.37. The summed E-state index contributed by atoms with van der Waals surface area (Å²) in [5, 5.41) is 21.2. The van der Waals surface area contributed by atoms with Gasteiger partial charge < -0.3 is 9.84 Å². The van der Waals surface area contributed by atoms with Crippen LogP contribution in [0, 0.1) is 12.8 Å². The molecule has 1 aromatic carbocycles. The van der Waals surface area contributed by atoms with Gasteiger partial charge in [0.2, 0.25) is 0 Å². The third-order valence-corrected chi connectivity index (χ3v) is 5.69. The topological polar surface area (TPSA) is 103 Å². The molecule has 26 heavy (non-hydrogen) atoms. The molecule has 0 unspecified atom stereocenters. The van der Waals surface area contributed by atoms with Crippen molar-refractivity contribution in [1.29, 1.82) is 0 Å². The standard InChI is InChI=1S/C17H17N5O3S/c1-10-15(17(23)24)26-16(19-10)12-5-6-14(25-8-11-3-2-4-11)13(7-12)22-9-18-20-21-22/h5-7,9,11H,2-4,8H2,1H3,(H,23,24). The first-order chi connectivity index (χ1) is 12.6. The van der Waals surface area contributed by atoms with E-state index in [4.69, 9.17) is 4.74 Å². The van der Waals surface area contributed by atoms with Crippen molar-refractivity contribution < 1.29 is 14.6 Å². The van der Waals surface area contributed by atoms with Gasteiger partial charge in [-0.2, -0.15) is 4.68 Å². The molecule has 2 aromatic heterocycles. The first-order valence-electron chi connectivity index (χ1n) is 8.33. The zero-order valence-electron chi connectivity index (χ0n) is 14.1. The molecule has 0 aliphatic heterocycles. The second-order valence-corrected chi connectivity index (χ2v) is 7.28. The number of carbonyl (C=O) groups is 1. The van der Waals surface area contributed by atoms with E-state index in [-0.39, 0.29) is 4.88 Å². The van der Waals surface area contributed by atoms with Crippen LogP contribution < -0.4 is 4.74 Å². The Hall–Kier alpha value is -2.81. The van der Waals surface area contributed by atoms with Gasteiger partial charge in [0.1, 0.15) is 27.6 Å². The van der Waals surface area contributed by atoms with Gasteiger partial charge >= 0.3 is 5.97 Å². The molecule has 134 valence electrons. The van der Waals surface area contributed by atoms with Gasteiger partial charge in [-0.15, -0.1) is 16.4 Å². The molecule has 0 amide bonds. The number of aryl methyl sites for hydroxylation is 1. The molecule has 0 spiro atoms. The molecule has 3 aromatic rings. The third kappa shape index (κ3) is 3.17. The Bertz CT molecular complexity index is 934. The zero-order valence-corrected chi connectivity index (χ0v) is 14.9. The van der Waals surface area contributed by atoms with E-state index in [0.29, 0.717) is 34.7 Å². The van der Waals surface area contributed by atoms with Gasteiger partial charge in [0.25, 0.3) is 0 Å². The summed E-state index contributed by atoms with van der Waals surface area (Å²) in [7, 11) is 0. The van der Waals surface area contributed by atoms with Gasteiger partial charge in [0.15, 0.2) is 0 Å². The quantitative estimate of drug-likeness (QED) is 0.710. The lowest BCUT2D eigenvalue weighted by Crippen LogP contribution is -2.19. The van der Waals surface area contributed by atoms with Crippen LogP contribution in [0.4, 0.5) is 0 Å². The van der Waals surface area contributed by atoms with E-state index in [1.54, 1.807) is 6.92 Å². The zero-order chi connectivity index (χ0) is 18.1. The lowest BCUT2D eigenvalue weighted by Gasteiger charge is -2.25. The molecule has 1 aliphatic carbocycles. The molecule has 1 aliphatic rings. The number of hydrogen-bond donors (Lipinski definition) is 1. The van der Waals surface area contributed by atoms with Crippen molar-refractivity contribution in [2.45, 2.75) is 26.2 Å². The van der Waals surface area contributed by atoms with Gasteiger partial charge in [0.05, 0.1) is 12.3 Å². The normalized spacial score (nSPS) is 14.2. The number of tetrazole rings is 1. The van der Waals surface area contributed by atoms with Crippen molar-refractivity contribution in [2.75, 3.05) is 6.61 Å². The second kappa shape index (κ2) is 6.83. The SMILES string of the molecule is Cc1nc(-c2ccc(OCC3CCC3)c(-n3cnnn3)c2)sc1C(=O)O. The highest BCUT2D eigenvalue weighted by molar-refractivity contribution is 7.17. The highest BCUT2D eigenvalue weighted by Crippen LogP contribution is 2.34. The molecule has 8 nitrogen and oxygen atoms in total. The van der Waals surface area contributed by atoms with Crippen molar-refractivity contribution in [3.05, 3.63) is 35.1 Å². The van der Waals surface area contributed by atoms with Crippen molar-refractivity contribution in [2.24, 2.45) is 5.92 Å². The Balaban J connectivity index is 1.69. The molecule has 2 heterocycles. The number of aromatic nitrogens is 5. The number of carboxylic acid groups (broad SMARTS) is 1. The van der Waals surface area contributed by atoms with Gasteiger partial charge in [0, 0.05) is 5.56 Å². The first-order valence-corrected chi connectivity index (χ1v) is 9.15. The minimum atomic E-state index is -0.965. The molecule has 1 saturated carbocycles. The molecule has 0 saturated heterocycles. The lowest BCUT2D eigenvalue weighted by molar-refractivity contribution is 0.0701. The van der Waals surface area contributed by atoms with Crippen LogP contribution in [0.25, 0.3) is 16.3 Å². The smallest absolute Gasteiger partial charge is 0.347 e. The maximum atomic E-state index is 11.3. The average molecular weight is 371 g/mol. The highest BCUT2D eigenvalue weighted by Gasteiger charge is 2.20. The van der Waals surface area contributed by atoms with E-state index in [9.17, 15) is 9.90 Å². The number of thiazole rings is 1. The molecule has 0 radical (unpaired) electrons. The Labute approximate surface area is 153 Å². The van der Waals surface area contributed by atoms with Crippen LogP contribution in [0.5, 0.6) is 5.75 Å². The van der Waals surface area contributed by atoms with Crippen LogP contribution in [0.3, 0.4) is 0 Å². The maximum Gasteiger partial charge on any atom is 0.347 e. The molecule has 0 atom stereocenters. The average Bonchev–Trinajstić information content (AvgIpc) is 3.23. The molecular formula is C17H17N5O3S. The fraction of sp³-hybridized carbons (Fsp3) is 0.353. The second-order valence-electron chi connectivity index (χ2n) is 6.28. The maximum absolute atomic E-state index is 11.3. The summed E-state index contributed by atoms with van der Waals surface area (Å²) < 4.78 is 7.54. The first kappa shape index (κ1) is 16.6. The van der Waals surface area contributed by atoms with Crippen LogP contribution in [0.2, 0.25) is 0 Å². The summed E-state index contributed by atoms with van der Waals surface area (Å²) in [6, 6.07) is 5.62. The fourth-order valence-electron chi connectivity index (χ4n) is 2.81. The summed E-state index contributed by atoms with van der Waals surface area (Å²) in [5.74, 6) is 0.336. The fourth-order valence-corrected chi connectivity index (χ4v) is 3.71. The van der Waals surface area contributed by atoms with E-state index in [0.717, 1.165) is 16.9 Å². The van der Waals surface area contributed by atoms with Crippen LogP contribution in [-0.2, 0) is 0 Å². The predicted molar refractivity (Wildman–Crippen MR) is 94.8 cm³/mol. The number of hydrogen-bond acceptors (Lipinski definition) is 7. The van der Waals surface area contributed by atoms with Crippen molar-refractivity contribution >= 4 is 17.3 Å². The van der Waals surface area contributed by atoms with Crippen molar-refractivity contribution in [3.63, 3.8) is 0 Å². The number of aromatic carboxylic acids is 1. The number of benzene rings is 1. The predicted octanol–water partition coefficient (Wildman–Crippen LogP) is 2.97. The number of rotatable bonds is 6.